The number of rotatable bonds is 4. The third-order valence-corrected chi connectivity index (χ3v) is 5.79. The lowest BCUT2D eigenvalue weighted by Crippen LogP contribution is -2.57. The number of aromatic nitrogens is 2. The van der Waals surface area contributed by atoms with Gasteiger partial charge in [-0.3, -0.25) is 5.32 Å². The van der Waals surface area contributed by atoms with E-state index in [1.54, 1.807) is 6.07 Å². The summed E-state index contributed by atoms with van der Waals surface area (Å²) in [6, 6.07) is 11.5. The Balaban J connectivity index is 1.37. The normalized spacial score (nSPS) is 27.1. The van der Waals surface area contributed by atoms with Crippen molar-refractivity contribution >= 4 is 11.8 Å². The van der Waals surface area contributed by atoms with Crippen molar-refractivity contribution in [1.29, 1.82) is 0 Å². The number of amides is 2. The number of anilines is 1. The first-order valence-corrected chi connectivity index (χ1v) is 9.27. The Morgan fingerprint density at radius 2 is 2.00 bits per heavy atom. The lowest BCUT2D eigenvalue weighted by atomic mass is 9.68. The van der Waals surface area contributed by atoms with Crippen LogP contribution in [0.5, 0.6) is 0 Å². The number of nitrogens with zero attached hydrogens (tertiary/aromatic N) is 3. The molecule has 2 bridgehead atoms. The van der Waals surface area contributed by atoms with E-state index >= 15 is 0 Å². The number of hydrogen-bond acceptors (Lipinski definition) is 4. The van der Waals surface area contributed by atoms with Crippen molar-refractivity contribution in [2.45, 2.75) is 19.8 Å². The Morgan fingerprint density at radius 1 is 1.23 bits per heavy atom. The fraction of sp³-hybridized carbons (Fsp3) is 0.450. The number of nitrogens with one attached hydrogen (secondary N) is 2. The number of hydrogen-bond donors (Lipinski definition) is 2. The Bertz CT molecular complexity index is 773. The van der Waals surface area contributed by atoms with Gasteiger partial charge in [0.25, 0.3) is 0 Å². The highest BCUT2D eigenvalue weighted by Crippen LogP contribution is 2.41. The van der Waals surface area contributed by atoms with Crippen molar-refractivity contribution in [3.63, 3.8) is 0 Å². The van der Waals surface area contributed by atoms with Gasteiger partial charge >= 0.3 is 6.03 Å². The fourth-order valence-corrected chi connectivity index (χ4v) is 4.26. The molecule has 2 amide bonds. The van der Waals surface area contributed by atoms with Crippen LogP contribution in [-0.4, -0.2) is 47.1 Å². The summed E-state index contributed by atoms with van der Waals surface area (Å²) in [5, 5.41) is 5.89. The van der Waals surface area contributed by atoms with Gasteiger partial charge in [-0.15, -0.1) is 0 Å². The van der Waals surface area contributed by atoms with Gasteiger partial charge in [0.15, 0.2) is 0 Å². The van der Waals surface area contributed by atoms with Crippen LogP contribution < -0.4 is 10.6 Å². The summed E-state index contributed by atoms with van der Waals surface area (Å²) in [6.07, 6.45) is 3.96. The highest BCUT2D eigenvalue weighted by molar-refractivity contribution is 5.88. The molecule has 0 unspecified atom stereocenters. The average Bonchev–Trinajstić information content (AvgIpc) is 2.68. The van der Waals surface area contributed by atoms with Crippen LogP contribution in [0.1, 0.15) is 19.8 Å². The molecule has 0 aliphatic carbocycles. The summed E-state index contributed by atoms with van der Waals surface area (Å²) in [5.74, 6) is 1.21. The van der Waals surface area contributed by atoms with Crippen molar-refractivity contribution in [3.8, 4) is 11.3 Å². The predicted molar refractivity (Wildman–Crippen MR) is 102 cm³/mol. The molecule has 1 aromatic heterocycles. The van der Waals surface area contributed by atoms with Crippen molar-refractivity contribution in [2.24, 2.45) is 11.3 Å². The Kier molecular flexibility index (Phi) is 4.59. The molecule has 6 heteroatoms. The average molecular weight is 351 g/mol. The molecule has 136 valence electrons. The highest BCUT2D eigenvalue weighted by atomic mass is 16.2. The summed E-state index contributed by atoms with van der Waals surface area (Å²) in [5.41, 5.74) is 1.95. The molecule has 3 fully saturated rings. The molecule has 3 aliphatic rings. The topological polar surface area (TPSA) is 70.1 Å². The van der Waals surface area contributed by atoms with Crippen LogP contribution in [0.4, 0.5) is 10.6 Å². The van der Waals surface area contributed by atoms with Gasteiger partial charge in [-0.25, -0.2) is 14.8 Å². The highest BCUT2D eigenvalue weighted by Gasteiger charge is 2.43. The summed E-state index contributed by atoms with van der Waals surface area (Å²) in [7, 11) is 0. The van der Waals surface area contributed by atoms with Crippen molar-refractivity contribution in [2.75, 3.05) is 31.5 Å². The minimum atomic E-state index is -0.208. The van der Waals surface area contributed by atoms with E-state index in [0.717, 1.165) is 17.8 Å². The van der Waals surface area contributed by atoms with Gasteiger partial charge in [-0.2, -0.15) is 0 Å². The summed E-state index contributed by atoms with van der Waals surface area (Å²) in [6.45, 7) is 6.47. The van der Waals surface area contributed by atoms with E-state index in [1.807, 2.05) is 30.3 Å². The molecule has 26 heavy (non-hydrogen) atoms. The molecule has 1 aromatic carbocycles. The zero-order valence-electron chi connectivity index (χ0n) is 15.1. The molecule has 2 aromatic rings. The number of carbonyl (C=O) groups excluding carboxylic acids is 1. The van der Waals surface area contributed by atoms with E-state index < -0.39 is 0 Å². The SMILES string of the molecule is C[C@@]1(CNC(=O)Nc2cc(-c3ccccc3)ncn2)CN2CCC1CC2. The van der Waals surface area contributed by atoms with E-state index in [-0.39, 0.29) is 11.4 Å². The summed E-state index contributed by atoms with van der Waals surface area (Å²) in [4.78, 5) is 23.3. The summed E-state index contributed by atoms with van der Waals surface area (Å²) < 4.78 is 0. The molecule has 5 rings (SSSR count). The lowest BCUT2D eigenvalue weighted by Gasteiger charge is -2.51. The van der Waals surface area contributed by atoms with E-state index in [0.29, 0.717) is 18.3 Å². The van der Waals surface area contributed by atoms with E-state index in [2.05, 4.69) is 32.4 Å². The standard InChI is InChI=1S/C20H25N5O/c1-20(13-25-9-7-16(20)8-10-25)12-21-19(26)24-18-11-17(22-14-23-18)15-5-3-2-4-6-15/h2-6,11,14,16H,7-10,12-13H2,1H3,(H2,21,22,23,24,26)/t20-/m1/s1. The monoisotopic (exact) mass is 351 g/mol. The molecular weight excluding hydrogens is 326 g/mol. The maximum Gasteiger partial charge on any atom is 0.320 e. The molecule has 6 nitrogen and oxygen atoms in total. The fourth-order valence-electron chi connectivity index (χ4n) is 4.26. The summed E-state index contributed by atoms with van der Waals surface area (Å²) >= 11 is 0. The maximum atomic E-state index is 12.4. The van der Waals surface area contributed by atoms with Crippen molar-refractivity contribution in [1.82, 2.24) is 20.2 Å². The first-order valence-electron chi connectivity index (χ1n) is 9.27. The van der Waals surface area contributed by atoms with Crippen LogP contribution in [0.15, 0.2) is 42.7 Å². The van der Waals surface area contributed by atoms with Gasteiger partial charge in [-0.1, -0.05) is 37.3 Å². The molecule has 0 saturated carbocycles. The molecule has 3 aliphatic heterocycles. The second-order valence-electron chi connectivity index (χ2n) is 7.67. The number of piperidine rings is 3. The smallest absolute Gasteiger partial charge is 0.320 e. The lowest BCUT2D eigenvalue weighted by molar-refractivity contribution is -0.0140. The van der Waals surface area contributed by atoms with Gasteiger partial charge in [0.1, 0.15) is 12.1 Å². The second-order valence-corrected chi connectivity index (χ2v) is 7.67. The first kappa shape index (κ1) is 17.0. The number of carbonyl (C=O) groups is 1. The van der Waals surface area contributed by atoms with Gasteiger partial charge in [0.2, 0.25) is 0 Å². The first-order chi connectivity index (χ1) is 12.6. The third-order valence-electron chi connectivity index (χ3n) is 5.79. The second kappa shape index (κ2) is 7.03. The van der Waals surface area contributed by atoms with Crippen LogP contribution in [0.25, 0.3) is 11.3 Å². The maximum absolute atomic E-state index is 12.4. The third kappa shape index (κ3) is 3.55. The number of benzene rings is 1. The molecular formula is C20H25N5O. The van der Waals surface area contributed by atoms with Crippen LogP contribution in [-0.2, 0) is 0 Å². The van der Waals surface area contributed by atoms with E-state index in [4.69, 9.17) is 0 Å². The number of fused-ring (bicyclic) bond motifs is 3. The van der Waals surface area contributed by atoms with Crippen LogP contribution >= 0.6 is 0 Å². The Labute approximate surface area is 154 Å². The molecule has 2 N–H and O–H groups in total. The van der Waals surface area contributed by atoms with Crippen LogP contribution in [0.3, 0.4) is 0 Å². The largest absolute Gasteiger partial charge is 0.337 e. The molecule has 1 atom stereocenters. The van der Waals surface area contributed by atoms with Crippen LogP contribution in [0.2, 0.25) is 0 Å². The van der Waals surface area contributed by atoms with Crippen LogP contribution in [0, 0.1) is 11.3 Å². The van der Waals surface area contributed by atoms with Gasteiger partial charge in [-0.05, 0) is 31.8 Å². The van der Waals surface area contributed by atoms with Gasteiger partial charge < -0.3 is 10.2 Å². The van der Waals surface area contributed by atoms with Crippen molar-refractivity contribution in [3.05, 3.63) is 42.7 Å². The minimum absolute atomic E-state index is 0.161. The number of urea groups is 1. The van der Waals surface area contributed by atoms with Crippen molar-refractivity contribution < 1.29 is 4.79 Å². The Hall–Kier alpha value is -2.47. The molecule has 0 spiro atoms. The van der Waals surface area contributed by atoms with Gasteiger partial charge in [0.05, 0.1) is 5.69 Å². The molecule has 0 radical (unpaired) electrons. The minimum Gasteiger partial charge on any atom is -0.337 e. The zero-order chi connectivity index (χ0) is 18.0. The van der Waals surface area contributed by atoms with Gasteiger partial charge in [0, 0.05) is 30.1 Å². The quantitative estimate of drug-likeness (QED) is 0.888. The Morgan fingerprint density at radius 3 is 2.69 bits per heavy atom. The van der Waals surface area contributed by atoms with E-state index in [1.165, 1.54) is 32.3 Å². The molecule has 3 saturated heterocycles. The van der Waals surface area contributed by atoms with E-state index in [9.17, 15) is 4.79 Å². The predicted octanol–water partition coefficient (Wildman–Crippen LogP) is 3.00. The zero-order valence-corrected chi connectivity index (χ0v) is 15.1. The molecule has 4 heterocycles.